The summed E-state index contributed by atoms with van der Waals surface area (Å²) >= 11 is 2.93. The van der Waals surface area contributed by atoms with Crippen LogP contribution in [0, 0.1) is 13.8 Å². The van der Waals surface area contributed by atoms with Gasteiger partial charge in [-0.05, 0) is 80.5 Å². The van der Waals surface area contributed by atoms with Gasteiger partial charge in [-0.25, -0.2) is 4.98 Å². The Balaban J connectivity index is 1.50. The lowest BCUT2D eigenvalue weighted by atomic mass is 9.97. The van der Waals surface area contributed by atoms with E-state index in [1.807, 2.05) is 56.3 Å². The molecule has 5 nitrogen and oxygen atoms in total. The van der Waals surface area contributed by atoms with Crippen LogP contribution in [0.1, 0.15) is 34.4 Å². The number of rotatable bonds is 5. The van der Waals surface area contributed by atoms with Gasteiger partial charge in [0.2, 0.25) is 5.91 Å². The molecule has 0 unspecified atom stereocenters. The molecule has 2 aromatic carbocycles. The van der Waals surface area contributed by atoms with Crippen molar-refractivity contribution < 1.29 is 4.79 Å². The summed E-state index contributed by atoms with van der Waals surface area (Å²) < 4.78 is 1.67. The summed E-state index contributed by atoms with van der Waals surface area (Å²) in [6.07, 6.45) is 4.22. The van der Waals surface area contributed by atoms with Crippen molar-refractivity contribution >= 4 is 44.9 Å². The largest absolute Gasteiger partial charge is 0.325 e. The van der Waals surface area contributed by atoms with Gasteiger partial charge in [0.25, 0.3) is 5.56 Å². The number of anilines is 1. The van der Waals surface area contributed by atoms with E-state index in [1.165, 1.54) is 22.2 Å². The van der Waals surface area contributed by atoms with Crippen LogP contribution in [-0.2, 0) is 17.6 Å². The van der Waals surface area contributed by atoms with Crippen molar-refractivity contribution in [3.8, 4) is 5.69 Å². The molecule has 0 spiro atoms. The van der Waals surface area contributed by atoms with Gasteiger partial charge in [0.05, 0.1) is 16.8 Å². The summed E-state index contributed by atoms with van der Waals surface area (Å²) in [7, 11) is 0. The number of nitrogens with one attached hydrogen (secondary N) is 1. The number of nitrogens with zero attached hydrogens (tertiary/aromatic N) is 2. The van der Waals surface area contributed by atoms with E-state index < -0.39 is 0 Å². The third-order valence-electron chi connectivity index (χ3n) is 5.81. The molecule has 0 fully saturated rings. The molecule has 1 N–H and O–H groups in total. The molecule has 1 amide bonds. The molecule has 7 heteroatoms. The van der Waals surface area contributed by atoms with E-state index in [2.05, 4.69) is 11.4 Å². The Bertz CT molecular complexity index is 1390. The number of amides is 1. The molecule has 33 heavy (non-hydrogen) atoms. The molecule has 0 saturated heterocycles. The van der Waals surface area contributed by atoms with Gasteiger partial charge in [0, 0.05) is 10.6 Å². The molecule has 4 aromatic rings. The third kappa shape index (κ3) is 4.48. The van der Waals surface area contributed by atoms with Gasteiger partial charge >= 0.3 is 0 Å². The number of benzene rings is 2. The van der Waals surface area contributed by atoms with Crippen molar-refractivity contribution in [3.05, 3.63) is 80.5 Å². The van der Waals surface area contributed by atoms with Gasteiger partial charge in [-0.2, -0.15) is 0 Å². The first kappa shape index (κ1) is 21.9. The smallest absolute Gasteiger partial charge is 0.267 e. The minimum atomic E-state index is -0.121. The zero-order valence-corrected chi connectivity index (χ0v) is 20.3. The zero-order valence-electron chi connectivity index (χ0n) is 18.7. The van der Waals surface area contributed by atoms with E-state index in [1.54, 1.807) is 15.9 Å². The maximum absolute atomic E-state index is 13.7. The lowest BCUT2D eigenvalue weighted by molar-refractivity contribution is -0.113. The van der Waals surface area contributed by atoms with Gasteiger partial charge in [0.1, 0.15) is 4.83 Å². The number of fused-ring (bicyclic) bond motifs is 3. The highest BCUT2D eigenvalue weighted by atomic mass is 32.2. The van der Waals surface area contributed by atoms with E-state index in [0.29, 0.717) is 5.16 Å². The van der Waals surface area contributed by atoms with Crippen LogP contribution < -0.4 is 10.9 Å². The van der Waals surface area contributed by atoms with Gasteiger partial charge in [0.15, 0.2) is 5.16 Å². The van der Waals surface area contributed by atoms with Crippen molar-refractivity contribution in [2.24, 2.45) is 0 Å². The standard InChI is InChI=1S/C26H25N3O2S2/c1-16-12-17(2)14-18(13-16)27-22(30)15-32-26-28-24-23(20-10-6-7-11-21(20)33-24)25(31)29(26)19-8-4-3-5-9-19/h3-5,8-9,12-14H,6-7,10-11,15H2,1-2H3,(H,27,30). The molecule has 2 heterocycles. The number of thioether (sulfide) groups is 1. The highest BCUT2D eigenvalue weighted by Crippen LogP contribution is 2.35. The molecular formula is C26H25N3O2S2. The van der Waals surface area contributed by atoms with Crippen molar-refractivity contribution in [2.45, 2.75) is 44.7 Å². The molecule has 0 radical (unpaired) electrons. The van der Waals surface area contributed by atoms with E-state index in [-0.39, 0.29) is 17.2 Å². The van der Waals surface area contributed by atoms with Crippen molar-refractivity contribution in [1.29, 1.82) is 0 Å². The summed E-state index contributed by atoms with van der Waals surface area (Å²) in [6, 6.07) is 15.6. The molecule has 2 aromatic heterocycles. The Kier molecular flexibility index (Phi) is 6.08. The fourth-order valence-electron chi connectivity index (χ4n) is 4.46. The summed E-state index contributed by atoms with van der Waals surface area (Å²) in [6.45, 7) is 4.02. The Hall–Kier alpha value is -2.90. The number of hydrogen-bond acceptors (Lipinski definition) is 5. The van der Waals surface area contributed by atoms with Crippen molar-refractivity contribution in [3.63, 3.8) is 0 Å². The number of para-hydroxylation sites is 1. The van der Waals surface area contributed by atoms with Gasteiger partial charge in [-0.15, -0.1) is 11.3 Å². The molecule has 168 valence electrons. The summed E-state index contributed by atoms with van der Waals surface area (Å²) in [5.41, 5.74) is 4.89. The molecular weight excluding hydrogens is 450 g/mol. The van der Waals surface area contributed by atoms with E-state index >= 15 is 0 Å². The van der Waals surface area contributed by atoms with Crippen LogP contribution in [0.2, 0.25) is 0 Å². The highest BCUT2D eigenvalue weighted by Gasteiger charge is 2.23. The quantitative estimate of drug-likeness (QED) is 0.298. The average Bonchev–Trinajstić information content (AvgIpc) is 3.16. The van der Waals surface area contributed by atoms with Crippen LogP contribution in [0.4, 0.5) is 5.69 Å². The first-order chi connectivity index (χ1) is 16.0. The van der Waals surface area contributed by atoms with Crippen molar-refractivity contribution in [2.75, 3.05) is 11.1 Å². The van der Waals surface area contributed by atoms with Gasteiger partial charge in [-0.1, -0.05) is 36.0 Å². The number of carbonyl (C=O) groups excluding carboxylic acids is 1. The molecule has 0 aliphatic heterocycles. The molecule has 5 rings (SSSR count). The predicted octanol–water partition coefficient (Wildman–Crippen LogP) is 5.67. The first-order valence-corrected chi connectivity index (χ1v) is 12.9. The average molecular weight is 476 g/mol. The van der Waals surface area contributed by atoms with Crippen LogP contribution in [-0.4, -0.2) is 21.2 Å². The number of thiophene rings is 1. The van der Waals surface area contributed by atoms with Gasteiger partial charge < -0.3 is 5.32 Å². The van der Waals surface area contributed by atoms with Crippen LogP contribution in [0.15, 0.2) is 58.5 Å². The second kappa shape index (κ2) is 9.15. The minimum Gasteiger partial charge on any atom is -0.325 e. The first-order valence-electron chi connectivity index (χ1n) is 11.1. The zero-order chi connectivity index (χ0) is 22.9. The predicted molar refractivity (Wildman–Crippen MR) is 137 cm³/mol. The molecule has 1 aliphatic carbocycles. The Labute approximate surface area is 200 Å². The fraction of sp³-hybridized carbons (Fsp3) is 0.269. The number of aryl methyl sites for hydroxylation is 4. The topological polar surface area (TPSA) is 64.0 Å². The van der Waals surface area contributed by atoms with Crippen LogP contribution in [0.25, 0.3) is 15.9 Å². The Morgan fingerprint density at radius 3 is 2.58 bits per heavy atom. The maximum Gasteiger partial charge on any atom is 0.267 e. The normalized spacial score (nSPS) is 13.2. The third-order valence-corrected chi connectivity index (χ3v) is 7.93. The Morgan fingerprint density at radius 2 is 1.82 bits per heavy atom. The molecule has 0 atom stereocenters. The van der Waals surface area contributed by atoms with E-state index in [9.17, 15) is 9.59 Å². The van der Waals surface area contributed by atoms with E-state index in [4.69, 9.17) is 4.98 Å². The monoisotopic (exact) mass is 475 g/mol. The maximum atomic E-state index is 13.7. The minimum absolute atomic E-state index is 0.0391. The Morgan fingerprint density at radius 1 is 1.09 bits per heavy atom. The summed E-state index contributed by atoms with van der Waals surface area (Å²) in [5, 5.41) is 4.27. The lowest BCUT2D eigenvalue weighted by Gasteiger charge is -2.14. The van der Waals surface area contributed by atoms with Gasteiger partial charge in [-0.3, -0.25) is 14.2 Å². The number of hydrogen-bond donors (Lipinski definition) is 1. The van der Waals surface area contributed by atoms with Crippen LogP contribution >= 0.6 is 23.1 Å². The van der Waals surface area contributed by atoms with Crippen LogP contribution in [0.3, 0.4) is 0 Å². The lowest BCUT2D eigenvalue weighted by Crippen LogP contribution is -2.23. The highest BCUT2D eigenvalue weighted by molar-refractivity contribution is 7.99. The molecule has 0 bridgehead atoms. The molecule has 1 aliphatic rings. The number of aromatic nitrogens is 2. The number of carbonyl (C=O) groups is 1. The molecule has 0 saturated carbocycles. The van der Waals surface area contributed by atoms with Crippen molar-refractivity contribution in [1.82, 2.24) is 9.55 Å². The summed E-state index contributed by atoms with van der Waals surface area (Å²) in [4.78, 5) is 33.4. The summed E-state index contributed by atoms with van der Waals surface area (Å²) in [5.74, 6) is 0.0486. The second-order valence-corrected chi connectivity index (χ2v) is 10.5. The van der Waals surface area contributed by atoms with E-state index in [0.717, 1.165) is 58.4 Å². The van der Waals surface area contributed by atoms with Crippen LogP contribution in [0.5, 0.6) is 0 Å². The fourth-order valence-corrected chi connectivity index (χ4v) is 6.58. The second-order valence-electron chi connectivity index (χ2n) is 8.47. The SMILES string of the molecule is Cc1cc(C)cc(NC(=O)CSc2nc3sc4c(c3c(=O)n2-c2ccccc2)CCCC4)c1.